The fourth-order valence-electron chi connectivity index (χ4n) is 2.74. The lowest BCUT2D eigenvalue weighted by atomic mass is 9.96. The molecule has 0 saturated heterocycles. The molecule has 0 N–H and O–H groups in total. The number of Topliss-reactive ketones (excluding diaryl/α,β-unsaturated/α-hetero) is 1. The molecule has 0 fully saturated rings. The van der Waals surface area contributed by atoms with E-state index in [0.717, 1.165) is 29.0 Å². The van der Waals surface area contributed by atoms with Crippen molar-refractivity contribution >= 4 is 35.1 Å². The van der Waals surface area contributed by atoms with Crippen molar-refractivity contribution in [2.45, 2.75) is 26.8 Å². The lowest BCUT2D eigenvalue weighted by molar-refractivity contribution is 0.0978. The van der Waals surface area contributed by atoms with Gasteiger partial charge in [-0.25, -0.2) is 4.99 Å². The molecule has 2 rings (SSSR count). The van der Waals surface area contributed by atoms with Crippen molar-refractivity contribution in [3.8, 4) is 6.07 Å². The number of rotatable bonds is 7. The van der Waals surface area contributed by atoms with Crippen molar-refractivity contribution in [3.05, 3.63) is 58.1 Å². The van der Waals surface area contributed by atoms with E-state index in [1.54, 1.807) is 42.6 Å². The van der Waals surface area contributed by atoms with Crippen LogP contribution in [0.2, 0.25) is 5.02 Å². The Bertz CT molecular complexity index is 915. The number of nitrogens with zero attached hydrogens (tertiary/aromatic N) is 4. The third kappa shape index (κ3) is 4.90. The van der Waals surface area contributed by atoms with E-state index in [1.807, 2.05) is 44.9 Å². The van der Waals surface area contributed by atoms with E-state index in [4.69, 9.17) is 11.6 Å². The van der Waals surface area contributed by atoms with E-state index >= 15 is 0 Å². The molecule has 2 aromatic rings. The van der Waals surface area contributed by atoms with Crippen LogP contribution in [0.3, 0.4) is 0 Å². The molecule has 28 heavy (non-hydrogen) atoms. The summed E-state index contributed by atoms with van der Waals surface area (Å²) < 4.78 is 0. The van der Waals surface area contributed by atoms with Crippen LogP contribution < -0.4 is 4.90 Å². The molecule has 1 unspecified atom stereocenters. The van der Waals surface area contributed by atoms with Crippen LogP contribution in [0.15, 0.2) is 41.4 Å². The lowest BCUT2D eigenvalue weighted by Gasteiger charge is -2.24. The highest BCUT2D eigenvalue weighted by molar-refractivity contribution is 6.30. The average molecular weight is 397 g/mol. The zero-order chi connectivity index (χ0) is 20.8. The van der Waals surface area contributed by atoms with Crippen LogP contribution in [0, 0.1) is 25.2 Å². The summed E-state index contributed by atoms with van der Waals surface area (Å²) in [6, 6.07) is 12.0. The number of aryl methyl sites for hydroxylation is 2. The summed E-state index contributed by atoms with van der Waals surface area (Å²) in [6.45, 7) is 6.69. The summed E-state index contributed by atoms with van der Waals surface area (Å²) in [7, 11) is 3.68. The quantitative estimate of drug-likeness (QED) is 0.384. The predicted molar refractivity (Wildman–Crippen MR) is 116 cm³/mol. The molecule has 1 atom stereocenters. The first-order valence-electron chi connectivity index (χ1n) is 9.06. The first kappa shape index (κ1) is 21.5. The Morgan fingerprint density at radius 1 is 1.21 bits per heavy atom. The normalized spacial score (nSPS) is 11.9. The highest BCUT2D eigenvalue weighted by Gasteiger charge is 2.26. The summed E-state index contributed by atoms with van der Waals surface area (Å²) in [5.41, 5.74) is 3.79. The van der Waals surface area contributed by atoms with E-state index < -0.39 is 6.04 Å². The number of likely N-dealkylation sites (N-methyl/N-ethyl adjacent to an activating group) is 1. The number of carbonyl (C=O) groups is 1. The number of halogens is 1. The molecule has 0 aliphatic heterocycles. The van der Waals surface area contributed by atoms with E-state index in [1.165, 1.54) is 0 Å². The summed E-state index contributed by atoms with van der Waals surface area (Å²) in [6.07, 6.45) is 1.77. The lowest BCUT2D eigenvalue weighted by Crippen LogP contribution is -2.37. The Labute approximate surface area is 171 Å². The van der Waals surface area contributed by atoms with E-state index in [2.05, 4.69) is 11.1 Å². The zero-order valence-electron chi connectivity index (χ0n) is 16.9. The predicted octanol–water partition coefficient (Wildman–Crippen LogP) is 4.78. The minimum absolute atomic E-state index is 0.234. The first-order chi connectivity index (χ1) is 13.3. The van der Waals surface area contributed by atoms with Gasteiger partial charge in [0, 0.05) is 36.9 Å². The van der Waals surface area contributed by atoms with Gasteiger partial charge in [-0.1, -0.05) is 11.6 Å². The van der Waals surface area contributed by atoms with Crippen molar-refractivity contribution in [2.75, 3.05) is 25.5 Å². The van der Waals surface area contributed by atoms with Crippen LogP contribution in [0.1, 0.15) is 28.4 Å². The van der Waals surface area contributed by atoms with Gasteiger partial charge < -0.3 is 9.80 Å². The standard InChI is InChI=1S/C22H25ClN4O/c1-6-26(4)14-25-20-12-15(2)19(11-16(20)3)22(28)21(13-24)27(5)18-9-7-17(23)8-10-18/h7-12,14,21H,6H2,1-5H3/b25-14-. The van der Waals surface area contributed by atoms with Crippen LogP contribution in [-0.4, -0.2) is 43.7 Å². The molecule has 0 aromatic heterocycles. The van der Waals surface area contributed by atoms with Gasteiger partial charge >= 0.3 is 0 Å². The van der Waals surface area contributed by atoms with Crippen molar-refractivity contribution in [1.29, 1.82) is 5.26 Å². The maximum absolute atomic E-state index is 13.1. The summed E-state index contributed by atoms with van der Waals surface area (Å²) in [4.78, 5) is 21.2. The van der Waals surface area contributed by atoms with Gasteiger partial charge in [0.05, 0.1) is 18.1 Å². The molecule has 0 bridgehead atoms. The molecule has 5 nitrogen and oxygen atoms in total. The molecule has 0 aliphatic rings. The summed E-state index contributed by atoms with van der Waals surface area (Å²) in [5.74, 6) is -0.234. The molecule has 0 saturated carbocycles. The summed E-state index contributed by atoms with van der Waals surface area (Å²) >= 11 is 5.93. The maximum atomic E-state index is 13.1. The van der Waals surface area contributed by atoms with Gasteiger partial charge in [-0.05, 0) is 68.3 Å². The minimum Gasteiger partial charge on any atom is -0.366 e. The molecule has 2 aromatic carbocycles. The molecule has 6 heteroatoms. The Morgan fingerprint density at radius 2 is 1.86 bits per heavy atom. The number of nitriles is 1. The van der Waals surface area contributed by atoms with E-state index in [-0.39, 0.29) is 5.78 Å². The van der Waals surface area contributed by atoms with Crippen LogP contribution in [0.25, 0.3) is 0 Å². The molecule has 146 valence electrons. The maximum Gasteiger partial charge on any atom is 0.200 e. The number of benzene rings is 2. The fourth-order valence-corrected chi connectivity index (χ4v) is 2.87. The zero-order valence-corrected chi connectivity index (χ0v) is 17.7. The highest BCUT2D eigenvalue weighted by atomic mass is 35.5. The number of hydrogen-bond acceptors (Lipinski definition) is 4. The van der Waals surface area contributed by atoms with Gasteiger partial charge in [-0.2, -0.15) is 5.26 Å². The van der Waals surface area contributed by atoms with Gasteiger partial charge in [0.2, 0.25) is 0 Å². The second kappa shape index (κ2) is 9.38. The van der Waals surface area contributed by atoms with Crippen molar-refractivity contribution in [1.82, 2.24) is 4.90 Å². The Kier molecular flexibility index (Phi) is 7.19. The third-order valence-electron chi connectivity index (χ3n) is 4.69. The molecular weight excluding hydrogens is 372 g/mol. The van der Waals surface area contributed by atoms with E-state index in [0.29, 0.717) is 10.6 Å². The average Bonchev–Trinajstić information content (AvgIpc) is 2.68. The van der Waals surface area contributed by atoms with E-state index in [9.17, 15) is 10.1 Å². The Morgan fingerprint density at radius 3 is 2.43 bits per heavy atom. The summed E-state index contributed by atoms with van der Waals surface area (Å²) in [5, 5.41) is 10.3. The Balaban J connectivity index is 2.33. The van der Waals surface area contributed by atoms with Gasteiger partial charge in [0.15, 0.2) is 11.8 Å². The highest BCUT2D eigenvalue weighted by Crippen LogP contribution is 2.26. The fraction of sp³-hybridized carbons (Fsp3) is 0.318. The van der Waals surface area contributed by atoms with Gasteiger partial charge in [-0.15, -0.1) is 0 Å². The third-order valence-corrected chi connectivity index (χ3v) is 4.94. The number of hydrogen-bond donors (Lipinski definition) is 0. The molecule has 0 aliphatic carbocycles. The van der Waals surface area contributed by atoms with Crippen LogP contribution in [-0.2, 0) is 0 Å². The smallest absolute Gasteiger partial charge is 0.200 e. The SMILES string of the molecule is CCN(C)/C=N\c1cc(C)c(C(=O)C(C#N)N(C)c2ccc(Cl)cc2)cc1C. The van der Waals surface area contributed by atoms with Gasteiger partial charge in [0.1, 0.15) is 0 Å². The number of ketones is 1. The minimum atomic E-state index is -0.931. The van der Waals surface area contributed by atoms with Crippen molar-refractivity contribution < 1.29 is 4.79 Å². The Hall–Kier alpha value is -2.84. The van der Waals surface area contributed by atoms with Gasteiger partial charge in [-0.3, -0.25) is 4.79 Å². The number of anilines is 1. The first-order valence-corrected chi connectivity index (χ1v) is 9.44. The molecule has 0 spiro atoms. The number of aliphatic imine (C=N–C) groups is 1. The van der Waals surface area contributed by atoms with Crippen LogP contribution >= 0.6 is 11.6 Å². The van der Waals surface area contributed by atoms with Crippen molar-refractivity contribution in [2.24, 2.45) is 4.99 Å². The van der Waals surface area contributed by atoms with Gasteiger partial charge in [0.25, 0.3) is 0 Å². The molecule has 0 heterocycles. The second-order valence-electron chi connectivity index (χ2n) is 6.75. The van der Waals surface area contributed by atoms with Crippen LogP contribution in [0.4, 0.5) is 11.4 Å². The molecular formula is C22H25ClN4O. The monoisotopic (exact) mass is 396 g/mol. The largest absolute Gasteiger partial charge is 0.366 e. The molecule has 0 radical (unpaired) electrons. The molecule has 0 amide bonds. The van der Waals surface area contributed by atoms with Crippen LogP contribution in [0.5, 0.6) is 0 Å². The second-order valence-corrected chi connectivity index (χ2v) is 7.19. The van der Waals surface area contributed by atoms with Crippen molar-refractivity contribution in [3.63, 3.8) is 0 Å². The topological polar surface area (TPSA) is 59.7 Å². The number of carbonyl (C=O) groups excluding carboxylic acids is 1.